The first kappa shape index (κ1) is 16.6. The Kier molecular flexibility index (Phi) is 6.45. The Morgan fingerprint density at radius 2 is 2.16 bits per heavy atom. The van der Waals surface area contributed by atoms with Gasteiger partial charge in [-0.15, -0.1) is 11.3 Å². The zero-order valence-electron chi connectivity index (χ0n) is 10.8. The zero-order chi connectivity index (χ0) is 14.5. The SMILES string of the molecule is CCN(CCCNC(=O)c1ccc(Br)s1)S(C)(=O)=O. The van der Waals surface area contributed by atoms with Crippen molar-refractivity contribution in [3.8, 4) is 0 Å². The molecule has 0 spiro atoms. The van der Waals surface area contributed by atoms with Crippen LogP contribution < -0.4 is 5.32 Å². The molecule has 0 atom stereocenters. The first-order chi connectivity index (χ1) is 8.84. The highest BCUT2D eigenvalue weighted by Crippen LogP contribution is 2.21. The Bertz CT molecular complexity index is 528. The topological polar surface area (TPSA) is 66.5 Å². The largest absolute Gasteiger partial charge is 0.351 e. The van der Waals surface area contributed by atoms with Gasteiger partial charge in [0.05, 0.1) is 14.9 Å². The van der Waals surface area contributed by atoms with Crippen LogP contribution in [0, 0.1) is 0 Å². The van der Waals surface area contributed by atoms with E-state index in [4.69, 9.17) is 0 Å². The summed E-state index contributed by atoms with van der Waals surface area (Å²) in [5.74, 6) is -0.127. The molecule has 0 saturated heterocycles. The molecule has 1 N–H and O–H groups in total. The van der Waals surface area contributed by atoms with Crippen molar-refractivity contribution in [2.75, 3.05) is 25.9 Å². The van der Waals surface area contributed by atoms with Crippen LogP contribution in [0.15, 0.2) is 15.9 Å². The van der Waals surface area contributed by atoms with Crippen LogP contribution in [0.25, 0.3) is 0 Å². The summed E-state index contributed by atoms with van der Waals surface area (Å²) in [6.45, 7) is 3.12. The molecular formula is C11H17BrN2O3S2. The monoisotopic (exact) mass is 368 g/mol. The average Bonchev–Trinajstić information content (AvgIpc) is 2.74. The van der Waals surface area contributed by atoms with Crippen LogP contribution in [0.3, 0.4) is 0 Å². The maximum absolute atomic E-state index is 11.7. The molecule has 108 valence electrons. The predicted octanol–water partition coefficient (Wildman–Crippen LogP) is 1.91. The minimum atomic E-state index is -3.15. The van der Waals surface area contributed by atoms with Crippen molar-refractivity contribution in [1.29, 1.82) is 0 Å². The molecule has 1 amide bonds. The van der Waals surface area contributed by atoms with Gasteiger partial charge in [-0.05, 0) is 34.5 Å². The van der Waals surface area contributed by atoms with Crippen LogP contribution in [0.1, 0.15) is 23.0 Å². The van der Waals surface area contributed by atoms with E-state index in [-0.39, 0.29) is 5.91 Å². The molecular weight excluding hydrogens is 352 g/mol. The highest BCUT2D eigenvalue weighted by atomic mass is 79.9. The summed E-state index contributed by atoms with van der Waals surface area (Å²) in [7, 11) is -3.15. The van der Waals surface area contributed by atoms with Crippen molar-refractivity contribution in [3.05, 3.63) is 20.8 Å². The van der Waals surface area contributed by atoms with Crippen molar-refractivity contribution < 1.29 is 13.2 Å². The van der Waals surface area contributed by atoms with Crippen LogP contribution >= 0.6 is 27.3 Å². The number of nitrogens with one attached hydrogen (secondary N) is 1. The van der Waals surface area contributed by atoms with Crippen LogP contribution in [-0.4, -0.2) is 44.5 Å². The summed E-state index contributed by atoms with van der Waals surface area (Å²) in [5, 5.41) is 2.77. The van der Waals surface area contributed by atoms with Crippen LogP contribution in [0.4, 0.5) is 0 Å². The number of sulfonamides is 1. The summed E-state index contributed by atoms with van der Waals surface area (Å²) in [5.41, 5.74) is 0. The molecule has 1 heterocycles. The molecule has 0 unspecified atom stereocenters. The predicted molar refractivity (Wildman–Crippen MR) is 81.1 cm³/mol. The van der Waals surface area contributed by atoms with Gasteiger partial charge in [0.1, 0.15) is 0 Å². The van der Waals surface area contributed by atoms with Gasteiger partial charge in [-0.3, -0.25) is 4.79 Å². The average molecular weight is 369 g/mol. The first-order valence-electron chi connectivity index (χ1n) is 5.83. The van der Waals surface area contributed by atoms with E-state index >= 15 is 0 Å². The Labute approximate surface area is 126 Å². The summed E-state index contributed by atoms with van der Waals surface area (Å²) < 4.78 is 25.0. The Morgan fingerprint density at radius 1 is 1.47 bits per heavy atom. The standard InChI is InChI=1S/C11H17BrN2O3S2/c1-3-14(19(2,16)17)8-4-7-13-11(15)9-5-6-10(12)18-9/h5-6H,3-4,7-8H2,1-2H3,(H,13,15). The third-order valence-corrected chi connectivity index (χ3v) is 5.49. The first-order valence-corrected chi connectivity index (χ1v) is 9.29. The number of hydrogen-bond donors (Lipinski definition) is 1. The third-order valence-electron chi connectivity index (χ3n) is 2.49. The van der Waals surface area contributed by atoms with E-state index < -0.39 is 10.0 Å². The molecule has 0 radical (unpaired) electrons. The lowest BCUT2D eigenvalue weighted by Crippen LogP contribution is -2.33. The summed E-state index contributed by atoms with van der Waals surface area (Å²) >= 11 is 4.66. The normalized spacial score (nSPS) is 11.8. The maximum Gasteiger partial charge on any atom is 0.261 e. The van der Waals surface area contributed by atoms with E-state index in [0.29, 0.717) is 30.9 Å². The van der Waals surface area contributed by atoms with Crippen molar-refractivity contribution in [2.45, 2.75) is 13.3 Å². The Hall–Kier alpha value is -0.440. The Morgan fingerprint density at radius 3 is 2.63 bits per heavy atom. The second kappa shape index (κ2) is 7.37. The highest BCUT2D eigenvalue weighted by Gasteiger charge is 2.13. The lowest BCUT2D eigenvalue weighted by atomic mass is 10.4. The zero-order valence-corrected chi connectivity index (χ0v) is 14.1. The Balaban J connectivity index is 2.33. The number of hydrogen-bond acceptors (Lipinski definition) is 4. The minimum Gasteiger partial charge on any atom is -0.351 e. The molecule has 0 bridgehead atoms. The maximum atomic E-state index is 11.7. The molecule has 1 aromatic heterocycles. The summed E-state index contributed by atoms with van der Waals surface area (Å²) in [6.07, 6.45) is 1.79. The number of halogens is 1. The molecule has 0 aliphatic rings. The van der Waals surface area contributed by atoms with Gasteiger partial charge in [0.2, 0.25) is 10.0 Å². The van der Waals surface area contributed by atoms with Gasteiger partial charge < -0.3 is 5.32 Å². The van der Waals surface area contributed by atoms with Crippen LogP contribution in [0.2, 0.25) is 0 Å². The third kappa shape index (κ3) is 5.60. The van der Waals surface area contributed by atoms with E-state index in [0.717, 1.165) is 3.79 Å². The van der Waals surface area contributed by atoms with Crippen molar-refractivity contribution in [3.63, 3.8) is 0 Å². The smallest absolute Gasteiger partial charge is 0.261 e. The molecule has 19 heavy (non-hydrogen) atoms. The fourth-order valence-corrected chi connectivity index (χ4v) is 3.77. The van der Waals surface area contributed by atoms with Gasteiger partial charge in [-0.25, -0.2) is 12.7 Å². The van der Waals surface area contributed by atoms with Crippen molar-refractivity contribution in [2.24, 2.45) is 0 Å². The molecule has 1 rings (SSSR count). The molecule has 0 saturated carbocycles. The quantitative estimate of drug-likeness (QED) is 0.747. The van der Waals surface area contributed by atoms with Crippen molar-refractivity contribution >= 4 is 43.2 Å². The second-order valence-electron chi connectivity index (χ2n) is 3.97. The molecule has 0 fully saturated rings. The van der Waals surface area contributed by atoms with Crippen LogP contribution in [-0.2, 0) is 10.0 Å². The molecule has 1 aromatic rings. The summed E-state index contributed by atoms with van der Waals surface area (Å²) in [6, 6.07) is 3.57. The molecule has 0 aliphatic heterocycles. The molecule has 8 heteroatoms. The number of thiophene rings is 1. The number of nitrogens with zero attached hydrogens (tertiary/aromatic N) is 1. The number of rotatable bonds is 7. The van der Waals surface area contributed by atoms with Gasteiger partial charge in [0.15, 0.2) is 0 Å². The number of carbonyl (C=O) groups excluding carboxylic acids is 1. The lowest BCUT2D eigenvalue weighted by molar-refractivity contribution is 0.0957. The van der Waals surface area contributed by atoms with E-state index in [1.807, 2.05) is 6.07 Å². The van der Waals surface area contributed by atoms with E-state index in [1.54, 1.807) is 13.0 Å². The van der Waals surface area contributed by atoms with Crippen molar-refractivity contribution in [1.82, 2.24) is 9.62 Å². The fraction of sp³-hybridized carbons (Fsp3) is 0.545. The fourth-order valence-electron chi connectivity index (χ4n) is 1.54. The molecule has 0 aromatic carbocycles. The number of carbonyl (C=O) groups is 1. The molecule has 0 aliphatic carbocycles. The van der Waals surface area contributed by atoms with E-state index in [9.17, 15) is 13.2 Å². The lowest BCUT2D eigenvalue weighted by Gasteiger charge is -2.17. The highest BCUT2D eigenvalue weighted by molar-refractivity contribution is 9.11. The molecule has 5 nitrogen and oxygen atoms in total. The van der Waals surface area contributed by atoms with Gasteiger partial charge >= 0.3 is 0 Å². The summed E-state index contributed by atoms with van der Waals surface area (Å²) in [4.78, 5) is 12.4. The van der Waals surface area contributed by atoms with Gasteiger partial charge in [-0.1, -0.05) is 6.92 Å². The van der Waals surface area contributed by atoms with E-state index in [2.05, 4.69) is 21.2 Å². The van der Waals surface area contributed by atoms with E-state index in [1.165, 1.54) is 21.9 Å². The van der Waals surface area contributed by atoms with Crippen LogP contribution in [0.5, 0.6) is 0 Å². The minimum absolute atomic E-state index is 0.127. The number of amides is 1. The second-order valence-corrected chi connectivity index (χ2v) is 8.41. The van der Waals surface area contributed by atoms with Gasteiger partial charge in [0.25, 0.3) is 5.91 Å². The van der Waals surface area contributed by atoms with Gasteiger partial charge in [0, 0.05) is 19.6 Å². The van der Waals surface area contributed by atoms with Gasteiger partial charge in [-0.2, -0.15) is 0 Å².